The molecule has 0 aromatic carbocycles. The fraction of sp³-hybridized carbons (Fsp3) is 0.750. The summed E-state index contributed by atoms with van der Waals surface area (Å²) in [6.45, 7) is 3.02. The number of carbonyl (C=O) groups is 3. The average molecular weight is 288 g/mol. The third kappa shape index (κ3) is 5.96. The van der Waals surface area contributed by atoms with Gasteiger partial charge in [0.15, 0.2) is 0 Å². The van der Waals surface area contributed by atoms with Crippen LogP contribution in [-0.2, 0) is 14.4 Å². The van der Waals surface area contributed by atoms with E-state index in [2.05, 4.69) is 5.32 Å². The van der Waals surface area contributed by atoms with E-state index in [1.807, 2.05) is 4.90 Å². The van der Waals surface area contributed by atoms with Crippen LogP contribution < -0.4 is 5.32 Å². The predicted molar refractivity (Wildman–Crippen MR) is 73.0 cm³/mol. The van der Waals surface area contributed by atoms with E-state index < -0.39 is 12.0 Å². The van der Waals surface area contributed by atoms with Crippen LogP contribution in [0.2, 0.25) is 0 Å². The average Bonchev–Trinajstić information content (AvgIpc) is 2.39. The Hall–Kier alpha value is -1.24. The third-order valence-corrected chi connectivity index (χ3v) is 3.83. The Balaban J connectivity index is 2.17. The minimum Gasteiger partial charge on any atom is -0.480 e. The largest absolute Gasteiger partial charge is 0.480 e. The quantitative estimate of drug-likeness (QED) is 0.735. The molecule has 1 heterocycles. The van der Waals surface area contributed by atoms with Gasteiger partial charge in [-0.3, -0.25) is 14.4 Å². The van der Waals surface area contributed by atoms with Crippen molar-refractivity contribution in [1.82, 2.24) is 10.2 Å². The summed E-state index contributed by atoms with van der Waals surface area (Å²) in [7, 11) is 0. The van der Waals surface area contributed by atoms with Gasteiger partial charge in [-0.05, 0) is 26.2 Å². The second-order valence-electron chi connectivity index (χ2n) is 4.56. The molecule has 1 aliphatic heterocycles. The van der Waals surface area contributed by atoms with E-state index in [4.69, 9.17) is 5.11 Å². The first kappa shape index (κ1) is 15.8. The number of piperidine rings is 1. The monoisotopic (exact) mass is 288 g/mol. The Bertz CT molecular complexity index is 343. The van der Waals surface area contributed by atoms with Crippen LogP contribution in [0.3, 0.4) is 0 Å². The van der Waals surface area contributed by atoms with Gasteiger partial charge in [0.25, 0.3) is 0 Å². The Morgan fingerprint density at radius 2 is 1.84 bits per heavy atom. The zero-order chi connectivity index (χ0) is 14.3. The maximum atomic E-state index is 11.8. The summed E-state index contributed by atoms with van der Waals surface area (Å²) < 4.78 is 0. The van der Waals surface area contributed by atoms with E-state index in [1.54, 1.807) is 0 Å². The SMILES string of the molecule is CC(NC(=O)CSCC(=O)N1CCCCC1)C(=O)O. The number of likely N-dealkylation sites (tertiary alicyclic amines) is 1. The van der Waals surface area contributed by atoms with Crippen LogP contribution in [0.5, 0.6) is 0 Å². The molecule has 0 spiro atoms. The number of amides is 2. The van der Waals surface area contributed by atoms with Gasteiger partial charge < -0.3 is 15.3 Å². The molecule has 1 rings (SSSR count). The van der Waals surface area contributed by atoms with Crippen molar-refractivity contribution in [3.63, 3.8) is 0 Å². The summed E-state index contributed by atoms with van der Waals surface area (Å²) in [6, 6.07) is -0.897. The molecule has 6 nitrogen and oxygen atoms in total. The van der Waals surface area contributed by atoms with Crippen molar-refractivity contribution >= 4 is 29.5 Å². The minimum atomic E-state index is -1.07. The molecule has 1 aliphatic rings. The van der Waals surface area contributed by atoms with Crippen LogP contribution in [0.25, 0.3) is 0 Å². The summed E-state index contributed by atoms with van der Waals surface area (Å²) in [4.78, 5) is 35.6. The molecule has 7 heteroatoms. The van der Waals surface area contributed by atoms with Gasteiger partial charge in [0.1, 0.15) is 6.04 Å². The standard InChI is InChI=1S/C12H20N2O4S/c1-9(12(17)18)13-10(15)7-19-8-11(16)14-5-3-2-4-6-14/h9H,2-8H2,1H3,(H,13,15)(H,17,18). The van der Waals surface area contributed by atoms with Crippen molar-refractivity contribution in [3.05, 3.63) is 0 Å². The number of rotatable bonds is 6. The van der Waals surface area contributed by atoms with Gasteiger partial charge in [0.05, 0.1) is 11.5 Å². The van der Waals surface area contributed by atoms with E-state index in [9.17, 15) is 14.4 Å². The molecule has 0 radical (unpaired) electrons. The Labute approximate surface area is 116 Å². The highest BCUT2D eigenvalue weighted by Gasteiger charge is 2.17. The number of nitrogens with one attached hydrogen (secondary N) is 1. The smallest absolute Gasteiger partial charge is 0.325 e. The zero-order valence-corrected chi connectivity index (χ0v) is 11.9. The number of carboxylic acids is 1. The highest BCUT2D eigenvalue weighted by molar-refractivity contribution is 8.00. The van der Waals surface area contributed by atoms with E-state index in [-0.39, 0.29) is 23.3 Å². The zero-order valence-electron chi connectivity index (χ0n) is 11.1. The van der Waals surface area contributed by atoms with Crippen molar-refractivity contribution in [3.8, 4) is 0 Å². The normalized spacial score (nSPS) is 16.8. The van der Waals surface area contributed by atoms with Gasteiger partial charge in [-0.15, -0.1) is 11.8 Å². The van der Waals surface area contributed by atoms with Crippen LogP contribution in [-0.4, -0.2) is 58.4 Å². The van der Waals surface area contributed by atoms with Gasteiger partial charge in [0, 0.05) is 13.1 Å². The molecule has 0 aliphatic carbocycles. The lowest BCUT2D eigenvalue weighted by atomic mass is 10.1. The number of thioether (sulfide) groups is 1. The first-order chi connectivity index (χ1) is 9.00. The van der Waals surface area contributed by atoms with Crippen LogP contribution in [0, 0.1) is 0 Å². The number of nitrogens with zero attached hydrogens (tertiary/aromatic N) is 1. The number of hydrogen-bond donors (Lipinski definition) is 2. The summed E-state index contributed by atoms with van der Waals surface area (Å²) in [6.07, 6.45) is 3.27. The summed E-state index contributed by atoms with van der Waals surface area (Å²) >= 11 is 1.22. The van der Waals surface area contributed by atoms with Gasteiger partial charge in [-0.2, -0.15) is 0 Å². The van der Waals surface area contributed by atoms with Crippen molar-refractivity contribution in [1.29, 1.82) is 0 Å². The van der Waals surface area contributed by atoms with Gasteiger partial charge >= 0.3 is 5.97 Å². The van der Waals surface area contributed by atoms with E-state index in [1.165, 1.54) is 25.1 Å². The van der Waals surface area contributed by atoms with Crippen molar-refractivity contribution in [2.45, 2.75) is 32.2 Å². The molecule has 2 amide bonds. The molecule has 0 saturated carbocycles. The molecule has 0 bridgehead atoms. The summed E-state index contributed by atoms with van der Waals surface area (Å²) in [5, 5.41) is 11.0. The minimum absolute atomic E-state index is 0.0591. The first-order valence-electron chi connectivity index (χ1n) is 6.38. The second kappa shape index (κ2) is 8.04. The number of carboxylic acid groups (broad SMARTS) is 1. The van der Waals surface area contributed by atoms with Crippen molar-refractivity contribution < 1.29 is 19.5 Å². The Morgan fingerprint density at radius 1 is 1.21 bits per heavy atom. The highest BCUT2D eigenvalue weighted by Crippen LogP contribution is 2.11. The van der Waals surface area contributed by atoms with Crippen molar-refractivity contribution in [2.75, 3.05) is 24.6 Å². The highest BCUT2D eigenvalue weighted by atomic mass is 32.2. The molecule has 1 unspecified atom stereocenters. The maximum absolute atomic E-state index is 11.8. The molecule has 1 fully saturated rings. The van der Waals surface area contributed by atoms with E-state index >= 15 is 0 Å². The predicted octanol–water partition coefficient (Wildman–Crippen LogP) is 0.321. The molecule has 108 valence electrons. The Kier molecular flexibility index (Phi) is 6.69. The van der Waals surface area contributed by atoms with Crippen molar-refractivity contribution in [2.24, 2.45) is 0 Å². The number of carbonyl (C=O) groups excluding carboxylic acids is 2. The van der Waals surface area contributed by atoms with Gasteiger partial charge in [-0.1, -0.05) is 0 Å². The van der Waals surface area contributed by atoms with E-state index in [0.717, 1.165) is 25.9 Å². The maximum Gasteiger partial charge on any atom is 0.325 e. The van der Waals surface area contributed by atoms with Gasteiger partial charge in [0.2, 0.25) is 11.8 Å². The fourth-order valence-electron chi connectivity index (χ4n) is 1.81. The molecule has 0 aromatic heterocycles. The third-order valence-electron chi connectivity index (χ3n) is 2.92. The van der Waals surface area contributed by atoms with Crippen LogP contribution >= 0.6 is 11.8 Å². The second-order valence-corrected chi connectivity index (χ2v) is 5.55. The summed E-state index contributed by atoms with van der Waals surface area (Å²) in [5.74, 6) is -0.982. The first-order valence-corrected chi connectivity index (χ1v) is 7.54. The lowest BCUT2D eigenvalue weighted by molar-refractivity contribution is -0.140. The molecular weight excluding hydrogens is 268 g/mol. The number of hydrogen-bond acceptors (Lipinski definition) is 4. The molecule has 0 aromatic rings. The lowest BCUT2D eigenvalue weighted by Crippen LogP contribution is -2.40. The lowest BCUT2D eigenvalue weighted by Gasteiger charge is -2.26. The molecule has 2 N–H and O–H groups in total. The van der Waals surface area contributed by atoms with Crippen LogP contribution in [0.4, 0.5) is 0 Å². The summed E-state index contributed by atoms with van der Waals surface area (Å²) in [5.41, 5.74) is 0. The van der Waals surface area contributed by atoms with Crippen LogP contribution in [0.1, 0.15) is 26.2 Å². The molecule has 1 atom stereocenters. The molecular formula is C12H20N2O4S. The van der Waals surface area contributed by atoms with Crippen LogP contribution in [0.15, 0.2) is 0 Å². The number of aliphatic carboxylic acids is 1. The Morgan fingerprint density at radius 3 is 2.42 bits per heavy atom. The molecule has 19 heavy (non-hydrogen) atoms. The fourth-order valence-corrected chi connectivity index (χ4v) is 2.54. The van der Waals surface area contributed by atoms with E-state index in [0.29, 0.717) is 0 Å². The molecule has 1 saturated heterocycles. The topological polar surface area (TPSA) is 86.7 Å². The van der Waals surface area contributed by atoms with Gasteiger partial charge in [-0.25, -0.2) is 0 Å².